The molecule has 0 spiro atoms. The molecule has 2 rings (SSSR count). The van der Waals surface area contributed by atoms with E-state index in [-0.39, 0.29) is 0 Å². The number of benzene rings is 1. The highest BCUT2D eigenvalue weighted by Gasteiger charge is 2.30. The van der Waals surface area contributed by atoms with Crippen LogP contribution < -0.4 is 5.73 Å². The minimum Gasteiger partial charge on any atom is -0.358 e. The van der Waals surface area contributed by atoms with E-state index in [2.05, 4.69) is 4.98 Å². The van der Waals surface area contributed by atoms with Gasteiger partial charge in [0.15, 0.2) is 0 Å². The summed E-state index contributed by atoms with van der Waals surface area (Å²) < 4.78 is 37.8. The zero-order valence-corrected chi connectivity index (χ0v) is 9.36. The Bertz CT molecular complexity index is 540. The van der Waals surface area contributed by atoms with E-state index in [4.69, 9.17) is 5.73 Å². The second-order valence-electron chi connectivity index (χ2n) is 4.03. The van der Waals surface area contributed by atoms with Crippen molar-refractivity contribution in [1.82, 2.24) is 4.98 Å². The first kappa shape index (κ1) is 12.0. The number of halogens is 3. The fraction of sp³-hybridized carbons (Fsp3) is 0.333. The number of fused-ring (bicyclic) bond motifs is 1. The number of rotatable bonds is 2. The first-order valence-corrected chi connectivity index (χ1v) is 5.32. The molecule has 0 amide bonds. The highest BCUT2D eigenvalue weighted by atomic mass is 19.4. The summed E-state index contributed by atoms with van der Waals surface area (Å²) in [6.07, 6.45) is -3.73. The molecule has 0 fully saturated rings. The number of nitrogens with one attached hydrogen (secondary N) is 1. The Labute approximate surface area is 96.6 Å². The summed E-state index contributed by atoms with van der Waals surface area (Å²) in [5.74, 6) is 0. The third kappa shape index (κ3) is 2.15. The van der Waals surface area contributed by atoms with Crippen LogP contribution in [0, 0.1) is 6.92 Å². The van der Waals surface area contributed by atoms with Crippen molar-refractivity contribution in [3.63, 3.8) is 0 Å². The maximum absolute atomic E-state index is 12.6. The number of H-pyrrole nitrogens is 1. The van der Waals surface area contributed by atoms with Crippen LogP contribution in [0.4, 0.5) is 13.2 Å². The summed E-state index contributed by atoms with van der Waals surface area (Å²) in [6.45, 7) is 2.27. The molecule has 5 heteroatoms. The van der Waals surface area contributed by atoms with E-state index in [1.165, 1.54) is 12.1 Å². The van der Waals surface area contributed by atoms with Crippen LogP contribution in [0.3, 0.4) is 0 Å². The molecule has 1 aromatic heterocycles. The summed E-state index contributed by atoms with van der Waals surface area (Å²) in [7, 11) is 0. The van der Waals surface area contributed by atoms with Gasteiger partial charge in [0.1, 0.15) is 0 Å². The second-order valence-corrected chi connectivity index (χ2v) is 4.03. The van der Waals surface area contributed by atoms with Gasteiger partial charge in [-0.2, -0.15) is 13.2 Å². The summed E-state index contributed by atoms with van der Waals surface area (Å²) in [4.78, 5) is 3.07. The molecule has 0 saturated carbocycles. The molecule has 3 N–H and O–H groups in total. The predicted octanol–water partition coefficient (Wildman–Crippen LogP) is 3.00. The lowest BCUT2D eigenvalue weighted by Gasteiger charge is -2.06. The van der Waals surface area contributed by atoms with Crippen molar-refractivity contribution in [2.24, 2.45) is 5.73 Å². The van der Waals surface area contributed by atoms with Gasteiger partial charge in [0.05, 0.1) is 5.56 Å². The van der Waals surface area contributed by atoms with Gasteiger partial charge in [-0.15, -0.1) is 0 Å². The van der Waals surface area contributed by atoms with Gasteiger partial charge in [-0.3, -0.25) is 0 Å². The van der Waals surface area contributed by atoms with Crippen LogP contribution in [0.5, 0.6) is 0 Å². The zero-order valence-electron chi connectivity index (χ0n) is 9.36. The zero-order chi connectivity index (χ0) is 12.6. The molecule has 2 aromatic rings. The lowest BCUT2D eigenvalue weighted by Crippen LogP contribution is -2.05. The Morgan fingerprint density at radius 3 is 2.59 bits per heavy atom. The van der Waals surface area contributed by atoms with Crippen LogP contribution in [0.15, 0.2) is 18.2 Å². The molecular weight excluding hydrogens is 229 g/mol. The van der Waals surface area contributed by atoms with Crippen molar-refractivity contribution in [3.8, 4) is 0 Å². The first-order valence-electron chi connectivity index (χ1n) is 5.32. The summed E-state index contributed by atoms with van der Waals surface area (Å²) in [6, 6.07) is 3.74. The van der Waals surface area contributed by atoms with Crippen LogP contribution in [-0.4, -0.2) is 11.5 Å². The molecule has 0 radical (unpaired) electrons. The maximum Gasteiger partial charge on any atom is 0.416 e. The third-order valence-corrected chi connectivity index (χ3v) is 2.84. The molecule has 0 bridgehead atoms. The van der Waals surface area contributed by atoms with E-state index < -0.39 is 11.7 Å². The highest BCUT2D eigenvalue weighted by molar-refractivity contribution is 5.85. The van der Waals surface area contributed by atoms with Crippen LogP contribution in [-0.2, 0) is 12.6 Å². The molecule has 0 aliphatic carbocycles. The average molecular weight is 242 g/mol. The van der Waals surface area contributed by atoms with Crippen molar-refractivity contribution in [1.29, 1.82) is 0 Å². The van der Waals surface area contributed by atoms with Gasteiger partial charge in [0.25, 0.3) is 0 Å². The van der Waals surface area contributed by atoms with Crippen LogP contribution in [0.1, 0.15) is 16.8 Å². The van der Waals surface area contributed by atoms with E-state index in [0.717, 1.165) is 22.8 Å². The molecule has 0 aliphatic heterocycles. The normalized spacial score (nSPS) is 12.3. The smallest absolute Gasteiger partial charge is 0.358 e. The van der Waals surface area contributed by atoms with Crippen molar-refractivity contribution in [2.45, 2.75) is 19.5 Å². The van der Waals surface area contributed by atoms with Gasteiger partial charge in [0.2, 0.25) is 0 Å². The highest BCUT2D eigenvalue weighted by Crippen LogP contribution is 2.33. The third-order valence-electron chi connectivity index (χ3n) is 2.84. The van der Waals surface area contributed by atoms with E-state index in [1.54, 1.807) is 0 Å². The minimum atomic E-state index is -4.31. The Morgan fingerprint density at radius 2 is 2.00 bits per heavy atom. The number of alkyl halides is 3. The minimum absolute atomic E-state index is 0.421. The molecular formula is C12H13F3N2. The molecule has 1 heterocycles. The van der Waals surface area contributed by atoms with E-state index in [1.807, 2.05) is 6.92 Å². The van der Waals surface area contributed by atoms with Crippen molar-refractivity contribution in [3.05, 3.63) is 35.0 Å². The molecule has 0 unspecified atom stereocenters. The average Bonchev–Trinajstić information content (AvgIpc) is 2.54. The van der Waals surface area contributed by atoms with Crippen LogP contribution in [0.2, 0.25) is 0 Å². The van der Waals surface area contributed by atoms with Gasteiger partial charge < -0.3 is 10.7 Å². The Kier molecular flexibility index (Phi) is 2.87. The van der Waals surface area contributed by atoms with E-state index >= 15 is 0 Å². The van der Waals surface area contributed by atoms with E-state index in [9.17, 15) is 13.2 Å². The van der Waals surface area contributed by atoms with Gasteiger partial charge in [-0.25, -0.2) is 0 Å². The van der Waals surface area contributed by atoms with Crippen LogP contribution in [0.25, 0.3) is 10.9 Å². The Balaban J connectivity index is 2.62. The molecule has 2 nitrogen and oxygen atoms in total. The fourth-order valence-corrected chi connectivity index (χ4v) is 2.03. The Morgan fingerprint density at radius 1 is 1.29 bits per heavy atom. The molecule has 0 aliphatic rings. The van der Waals surface area contributed by atoms with Crippen LogP contribution >= 0.6 is 0 Å². The van der Waals surface area contributed by atoms with Crippen molar-refractivity contribution >= 4 is 10.9 Å². The molecule has 0 atom stereocenters. The number of aryl methyl sites for hydroxylation is 1. The maximum atomic E-state index is 12.6. The van der Waals surface area contributed by atoms with Gasteiger partial charge in [-0.05, 0) is 43.7 Å². The Hall–Kier alpha value is -1.49. The monoisotopic (exact) mass is 242 g/mol. The number of hydrogen-bond donors (Lipinski definition) is 2. The van der Waals surface area contributed by atoms with E-state index in [0.29, 0.717) is 18.4 Å². The van der Waals surface area contributed by atoms with Gasteiger partial charge >= 0.3 is 6.18 Å². The SMILES string of the molecule is Cc1[nH]c2ccc(C(F)(F)F)cc2c1CCN. The van der Waals surface area contributed by atoms with Gasteiger partial charge in [-0.1, -0.05) is 0 Å². The molecule has 92 valence electrons. The number of aromatic nitrogens is 1. The molecule has 0 saturated heterocycles. The predicted molar refractivity (Wildman–Crippen MR) is 60.8 cm³/mol. The number of aromatic amines is 1. The fourth-order valence-electron chi connectivity index (χ4n) is 2.03. The standard InChI is InChI=1S/C12H13F3N2/c1-7-9(4-5-16)10-6-8(12(13,14)15)2-3-11(10)17-7/h2-3,6,17H,4-5,16H2,1H3. The van der Waals surface area contributed by atoms with Crippen molar-refractivity contribution in [2.75, 3.05) is 6.54 Å². The molecule has 17 heavy (non-hydrogen) atoms. The first-order chi connectivity index (χ1) is 7.93. The van der Waals surface area contributed by atoms with Crippen molar-refractivity contribution < 1.29 is 13.2 Å². The molecule has 1 aromatic carbocycles. The quantitative estimate of drug-likeness (QED) is 0.835. The van der Waals surface area contributed by atoms with Gasteiger partial charge in [0, 0.05) is 16.6 Å². The summed E-state index contributed by atoms with van der Waals surface area (Å²) in [5, 5.41) is 0.614. The second kappa shape index (κ2) is 4.07. The lowest BCUT2D eigenvalue weighted by atomic mass is 10.1. The topological polar surface area (TPSA) is 41.8 Å². The number of nitrogens with two attached hydrogens (primary N) is 1. The summed E-state index contributed by atoms with van der Waals surface area (Å²) >= 11 is 0. The summed E-state index contributed by atoms with van der Waals surface area (Å²) in [5.41, 5.74) is 7.31. The largest absolute Gasteiger partial charge is 0.416 e. The number of hydrogen-bond acceptors (Lipinski definition) is 1. The lowest BCUT2D eigenvalue weighted by molar-refractivity contribution is -0.137.